The van der Waals surface area contributed by atoms with Crippen LogP contribution in [0.2, 0.25) is 0 Å². The van der Waals surface area contributed by atoms with Crippen molar-refractivity contribution in [2.75, 3.05) is 6.61 Å². The van der Waals surface area contributed by atoms with Crippen molar-refractivity contribution in [1.29, 1.82) is 0 Å². The van der Waals surface area contributed by atoms with Crippen LogP contribution in [0.5, 0.6) is 0 Å². The van der Waals surface area contributed by atoms with Crippen LogP contribution in [0.1, 0.15) is 20.1 Å². The maximum atomic E-state index is 13.6. The Morgan fingerprint density at radius 2 is 1.81 bits per heavy atom. The molecule has 7 heteroatoms. The molecular weight excluding hydrogens is 378 g/mol. The second-order valence-electron chi connectivity index (χ2n) is 5.17. The van der Waals surface area contributed by atoms with Gasteiger partial charge in [-0.2, -0.15) is 0 Å². The number of ether oxygens (including phenoxy) is 1. The van der Waals surface area contributed by atoms with Crippen molar-refractivity contribution in [3.8, 4) is 0 Å². The van der Waals surface area contributed by atoms with Gasteiger partial charge in [0.2, 0.25) is 5.78 Å². The van der Waals surface area contributed by atoms with Crippen LogP contribution in [0, 0.1) is 11.6 Å². The minimum absolute atomic E-state index is 0.301. The smallest absolute Gasteiger partial charge is 0.340 e. The molecule has 0 fully saturated rings. The zero-order valence-electron chi connectivity index (χ0n) is 13.3. The molecule has 0 N–H and O–H groups in total. The van der Waals surface area contributed by atoms with E-state index >= 15 is 0 Å². The fourth-order valence-electron chi connectivity index (χ4n) is 2.18. The molecule has 3 nitrogen and oxygen atoms in total. The van der Waals surface area contributed by atoms with Crippen LogP contribution in [0.4, 0.5) is 8.78 Å². The van der Waals surface area contributed by atoms with Crippen LogP contribution in [0.15, 0.2) is 53.2 Å². The van der Waals surface area contributed by atoms with Gasteiger partial charge in [0.25, 0.3) is 0 Å². The van der Waals surface area contributed by atoms with Crippen molar-refractivity contribution in [2.24, 2.45) is 0 Å². The number of hydrogen-bond donors (Lipinski definition) is 0. The molecule has 0 spiro atoms. The fraction of sp³-hybridized carbons (Fsp3) is 0.0526. The van der Waals surface area contributed by atoms with Crippen LogP contribution in [-0.2, 0) is 9.53 Å². The van der Waals surface area contributed by atoms with Crippen molar-refractivity contribution < 1.29 is 23.1 Å². The summed E-state index contributed by atoms with van der Waals surface area (Å²) < 4.78 is 31.9. The van der Waals surface area contributed by atoms with E-state index in [-0.39, 0.29) is 0 Å². The molecule has 0 saturated heterocycles. The van der Waals surface area contributed by atoms with E-state index in [1.807, 2.05) is 22.9 Å². The topological polar surface area (TPSA) is 43.4 Å². The normalized spacial score (nSPS) is 11.4. The molecule has 0 saturated carbocycles. The number of esters is 1. The Morgan fingerprint density at radius 1 is 1.04 bits per heavy atom. The molecule has 26 heavy (non-hydrogen) atoms. The predicted octanol–water partition coefficient (Wildman–Crippen LogP) is 5.05. The van der Waals surface area contributed by atoms with Gasteiger partial charge >= 0.3 is 5.97 Å². The molecule has 0 atom stereocenters. The van der Waals surface area contributed by atoms with Crippen molar-refractivity contribution >= 4 is 46.1 Å². The molecule has 0 aliphatic heterocycles. The van der Waals surface area contributed by atoms with Gasteiger partial charge < -0.3 is 4.74 Å². The molecule has 1 aromatic carbocycles. The van der Waals surface area contributed by atoms with E-state index in [0.717, 1.165) is 23.1 Å². The third kappa shape index (κ3) is 4.30. The first-order valence-corrected chi connectivity index (χ1v) is 9.25. The first-order valence-electron chi connectivity index (χ1n) is 7.49. The summed E-state index contributed by atoms with van der Waals surface area (Å²) in [6.07, 6.45) is 1.67. The quantitative estimate of drug-likeness (QED) is 0.336. The second-order valence-corrected chi connectivity index (χ2v) is 7.10. The molecule has 3 aromatic rings. The van der Waals surface area contributed by atoms with Crippen LogP contribution in [0.25, 0.3) is 11.6 Å². The standard InChI is InChI=1S/C19H12F2O3S2/c20-12-5-6-16(21)14(9-12)17(22)11-24-19(23)15(18-4-2-8-26-18)10-13-3-1-7-25-13/h1-10H,11H2/b15-10+. The zero-order chi connectivity index (χ0) is 18.5. The summed E-state index contributed by atoms with van der Waals surface area (Å²) in [6, 6.07) is 9.81. The average molecular weight is 390 g/mol. The van der Waals surface area contributed by atoms with Crippen molar-refractivity contribution in [1.82, 2.24) is 0 Å². The number of rotatable bonds is 6. The minimum atomic E-state index is -0.861. The summed E-state index contributed by atoms with van der Waals surface area (Å²) in [5.74, 6) is -3.11. The minimum Gasteiger partial charge on any atom is -0.454 e. The molecule has 0 aliphatic carbocycles. The Bertz CT molecular complexity index is 945. The van der Waals surface area contributed by atoms with Crippen molar-refractivity contribution in [3.63, 3.8) is 0 Å². The van der Waals surface area contributed by atoms with Crippen molar-refractivity contribution in [3.05, 3.63) is 80.2 Å². The van der Waals surface area contributed by atoms with Gasteiger partial charge in [0.05, 0.1) is 11.1 Å². The highest BCUT2D eigenvalue weighted by Crippen LogP contribution is 2.26. The lowest BCUT2D eigenvalue weighted by molar-refractivity contribution is -0.135. The van der Waals surface area contributed by atoms with Gasteiger partial charge in [0.15, 0.2) is 6.61 Å². The molecule has 132 valence electrons. The Hall–Kier alpha value is -2.64. The summed E-state index contributed by atoms with van der Waals surface area (Å²) in [7, 11) is 0. The Balaban J connectivity index is 1.76. The first-order chi connectivity index (χ1) is 12.5. The fourth-order valence-corrected chi connectivity index (χ4v) is 3.56. The summed E-state index contributed by atoms with van der Waals surface area (Å²) in [6.45, 7) is -0.674. The molecule has 2 aromatic heterocycles. The van der Waals surface area contributed by atoms with Gasteiger partial charge in [0.1, 0.15) is 11.6 Å². The molecule has 0 radical (unpaired) electrons. The van der Waals surface area contributed by atoms with E-state index < -0.39 is 35.6 Å². The number of Topliss-reactive ketones (excluding diaryl/α,β-unsaturated/α-hetero) is 1. The zero-order valence-corrected chi connectivity index (χ0v) is 14.9. The predicted molar refractivity (Wildman–Crippen MR) is 98.2 cm³/mol. The molecule has 0 unspecified atom stereocenters. The van der Waals surface area contributed by atoms with Gasteiger partial charge in [-0.1, -0.05) is 12.1 Å². The number of hydrogen-bond acceptors (Lipinski definition) is 5. The van der Waals surface area contributed by atoms with Crippen LogP contribution in [-0.4, -0.2) is 18.4 Å². The number of carbonyl (C=O) groups is 2. The number of ketones is 1. The van der Waals surface area contributed by atoms with Gasteiger partial charge in [-0.05, 0) is 47.2 Å². The first kappa shape index (κ1) is 18.2. The van der Waals surface area contributed by atoms with Gasteiger partial charge in [0, 0.05) is 9.75 Å². The lowest BCUT2D eigenvalue weighted by atomic mass is 10.1. The van der Waals surface area contributed by atoms with Gasteiger partial charge in [-0.15, -0.1) is 22.7 Å². The van der Waals surface area contributed by atoms with E-state index in [1.165, 1.54) is 22.7 Å². The maximum Gasteiger partial charge on any atom is 0.340 e. The third-order valence-corrected chi connectivity index (χ3v) is 5.12. The number of thiophene rings is 2. The van der Waals surface area contributed by atoms with E-state index in [2.05, 4.69) is 0 Å². The van der Waals surface area contributed by atoms with E-state index in [1.54, 1.807) is 18.2 Å². The van der Waals surface area contributed by atoms with Gasteiger partial charge in [-0.25, -0.2) is 13.6 Å². The SMILES string of the molecule is O=C(OCC(=O)c1cc(F)ccc1F)/C(=C/c1cccs1)c1cccs1. The Labute approximate surface area is 156 Å². The lowest BCUT2D eigenvalue weighted by Crippen LogP contribution is -2.16. The molecule has 3 rings (SSSR count). The number of halogens is 2. The molecule has 0 aliphatic rings. The molecular formula is C19H12F2O3S2. The average Bonchev–Trinajstić information content (AvgIpc) is 3.33. The summed E-state index contributed by atoms with van der Waals surface area (Å²) >= 11 is 2.81. The Kier molecular flexibility index (Phi) is 5.70. The summed E-state index contributed by atoms with van der Waals surface area (Å²) in [4.78, 5) is 26.0. The van der Waals surface area contributed by atoms with E-state index in [4.69, 9.17) is 4.74 Å². The highest BCUT2D eigenvalue weighted by molar-refractivity contribution is 7.12. The summed E-state index contributed by atoms with van der Waals surface area (Å²) in [5, 5.41) is 3.69. The van der Waals surface area contributed by atoms with E-state index in [9.17, 15) is 18.4 Å². The summed E-state index contributed by atoms with van der Waals surface area (Å²) in [5.41, 5.74) is -0.146. The molecule has 0 amide bonds. The van der Waals surface area contributed by atoms with Crippen molar-refractivity contribution in [2.45, 2.75) is 0 Å². The van der Waals surface area contributed by atoms with Crippen LogP contribution >= 0.6 is 22.7 Å². The van der Waals surface area contributed by atoms with Crippen LogP contribution < -0.4 is 0 Å². The monoisotopic (exact) mass is 390 g/mol. The lowest BCUT2D eigenvalue weighted by Gasteiger charge is -2.07. The maximum absolute atomic E-state index is 13.6. The highest BCUT2D eigenvalue weighted by Gasteiger charge is 2.19. The molecule has 2 heterocycles. The Morgan fingerprint density at radius 3 is 2.50 bits per heavy atom. The van der Waals surface area contributed by atoms with E-state index in [0.29, 0.717) is 10.5 Å². The number of carbonyl (C=O) groups excluding carboxylic acids is 2. The molecule has 0 bridgehead atoms. The second kappa shape index (κ2) is 8.16. The third-order valence-electron chi connectivity index (χ3n) is 3.40. The van der Waals surface area contributed by atoms with Crippen LogP contribution in [0.3, 0.4) is 0 Å². The highest BCUT2D eigenvalue weighted by atomic mass is 32.1. The number of benzene rings is 1. The largest absolute Gasteiger partial charge is 0.454 e. The van der Waals surface area contributed by atoms with Gasteiger partial charge in [-0.3, -0.25) is 4.79 Å².